The van der Waals surface area contributed by atoms with Crippen LogP contribution in [0, 0.1) is 6.92 Å². The Bertz CT molecular complexity index is 1190. The van der Waals surface area contributed by atoms with Crippen molar-refractivity contribution in [1.29, 1.82) is 0 Å². The zero-order chi connectivity index (χ0) is 18.4. The molecule has 0 unspecified atom stereocenters. The summed E-state index contributed by atoms with van der Waals surface area (Å²) < 4.78 is 2.14. The predicted octanol–water partition coefficient (Wildman–Crippen LogP) is 3.43. The van der Waals surface area contributed by atoms with Gasteiger partial charge in [-0.15, -0.1) is 0 Å². The summed E-state index contributed by atoms with van der Waals surface area (Å²) in [5, 5.41) is 1.07. The molecule has 0 N–H and O–H groups in total. The summed E-state index contributed by atoms with van der Waals surface area (Å²) in [5.74, 6) is 0.295. The molecule has 0 bridgehead atoms. The van der Waals surface area contributed by atoms with Crippen molar-refractivity contribution in [2.75, 3.05) is 0 Å². The third-order valence-corrected chi connectivity index (χ3v) is 5.49. The molecule has 5 rings (SSSR count). The maximum Gasteiger partial charge on any atom is 0.146 e. The van der Waals surface area contributed by atoms with E-state index in [9.17, 15) is 4.79 Å². The topological polar surface area (TPSA) is 60.2 Å². The van der Waals surface area contributed by atoms with E-state index in [1.54, 1.807) is 0 Å². The number of carbonyl (C=O) groups is 1. The van der Waals surface area contributed by atoms with Crippen LogP contribution < -0.4 is 0 Å². The largest absolute Gasteiger partial charge is 0.303 e. The molecule has 1 aliphatic rings. The molecule has 0 saturated carbocycles. The third kappa shape index (κ3) is 2.79. The lowest BCUT2D eigenvalue weighted by molar-refractivity contribution is -0.118. The molecule has 0 fully saturated rings. The Morgan fingerprint density at radius 3 is 2.93 bits per heavy atom. The molecule has 4 heterocycles. The number of nitrogens with zero attached hydrogens (tertiary/aromatic N) is 4. The summed E-state index contributed by atoms with van der Waals surface area (Å²) in [6.07, 6.45) is 7.46. The standard InChI is InChI=1S/C22H20N4O/c1-14-19(25-22-18-3-2-11-23-20(18)10-12-26(14)22)9-7-16-6-4-15-5-8-17(27)13-21(15)24-16/h2-4,6,10-12H,5,7-9,13H2,1H3. The Morgan fingerprint density at radius 2 is 2.00 bits per heavy atom. The van der Waals surface area contributed by atoms with Crippen LogP contribution in [0.3, 0.4) is 0 Å². The fourth-order valence-electron chi connectivity index (χ4n) is 3.95. The van der Waals surface area contributed by atoms with Crippen LogP contribution in [-0.4, -0.2) is 25.1 Å². The van der Waals surface area contributed by atoms with E-state index in [1.165, 1.54) is 5.56 Å². The highest BCUT2D eigenvalue weighted by Gasteiger charge is 2.17. The minimum absolute atomic E-state index is 0.295. The number of rotatable bonds is 3. The smallest absolute Gasteiger partial charge is 0.146 e. The molecule has 0 saturated heterocycles. The van der Waals surface area contributed by atoms with Crippen LogP contribution in [-0.2, 0) is 30.5 Å². The predicted molar refractivity (Wildman–Crippen MR) is 104 cm³/mol. The number of imidazole rings is 1. The maximum atomic E-state index is 11.7. The Kier molecular flexibility index (Phi) is 3.74. The Hall–Kier alpha value is -3.08. The van der Waals surface area contributed by atoms with E-state index in [4.69, 9.17) is 9.97 Å². The van der Waals surface area contributed by atoms with Crippen LogP contribution in [0.5, 0.6) is 0 Å². The van der Waals surface area contributed by atoms with E-state index in [1.807, 2.05) is 24.5 Å². The fourth-order valence-corrected chi connectivity index (χ4v) is 3.95. The quantitative estimate of drug-likeness (QED) is 0.564. The summed E-state index contributed by atoms with van der Waals surface area (Å²) in [4.78, 5) is 25.8. The van der Waals surface area contributed by atoms with Gasteiger partial charge in [-0.05, 0) is 56.0 Å². The van der Waals surface area contributed by atoms with Gasteiger partial charge in [-0.3, -0.25) is 14.8 Å². The van der Waals surface area contributed by atoms with Crippen LogP contribution in [0.15, 0.2) is 42.7 Å². The summed E-state index contributed by atoms with van der Waals surface area (Å²) in [6, 6.07) is 10.3. The average molecular weight is 356 g/mol. The van der Waals surface area contributed by atoms with Gasteiger partial charge in [0.25, 0.3) is 0 Å². The van der Waals surface area contributed by atoms with Crippen molar-refractivity contribution < 1.29 is 4.79 Å². The van der Waals surface area contributed by atoms with E-state index < -0.39 is 0 Å². The number of pyridine rings is 3. The molecule has 134 valence electrons. The highest BCUT2D eigenvalue weighted by molar-refractivity contribution is 5.91. The molecule has 0 aliphatic heterocycles. The Labute approximate surface area is 157 Å². The number of fused-ring (bicyclic) bond motifs is 4. The van der Waals surface area contributed by atoms with Crippen molar-refractivity contribution in [3.63, 3.8) is 0 Å². The van der Waals surface area contributed by atoms with Gasteiger partial charge >= 0.3 is 0 Å². The van der Waals surface area contributed by atoms with Crippen LogP contribution in [0.1, 0.15) is 34.8 Å². The van der Waals surface area contributed by atoms with Crippen LogP contribution in [0.4, 0.5) is 0 Å². The van der Waals surface area contributed by atoms with Crippen molar-refractivity contribution in [3.05, 3.63) is 71.1 Å². The molecule has 4 aromatic heterocycles. The maximum absolute atomic E-state index is 11.7. The number of hydrogen-bond donors (Lipinski definition) is 0. The van der Waals surface area contributed by atoms with E-state index in [0.717, 1.165) is 58.6 Å². The van der Waals surface area contributed by atoms with Gasteiger partial charge in [-0.2, -0.15) is 0 Å². The average Bonchev–Trinajstić information content (AvgIpc) is 3.02. The van der Waals surface area contributed by atoms with Gasteiger partial charge in [-0.25, -0.2) is 4.98 Å². The zero-order valence-electron chi connectivity index (χ0n) is 15.3. The molecule has 0 radical (unpaired) electrons. The minimum Gasteiger partial charge on any atom is -0.303 e. The monoisotopic (exact) mass is 356 g/mol. The van der Waals surface area contributed by atoms with Crippen LogP contribution in [0.25, 0.3) is 16.6 Å². The van der Waals surface area contributed by atoms with Gasteiger partial charge in [0.15, 0.2) is 0 Å². The van der Waals surface area contributed by atoms with Gasteiger partial charge in [-0.1, -0.05) is 6.07 Å². The zero-order valence-corrected chi connectivity index (χ0v) is 15.3. The molecule has 0 amide bonds. The first kappa shape index (κ1) is 16.1. The van der Waals surface area contributed by atoms with Gasteiger partial charge < -0.3 is 4.40 Å². The highest BCUT2D eigenvalue weighted by Crippen LogP contribution is 2.22. The minimum atomic E-state index is 0.295. The van der Waals surface area contributed by atoms with E-state index in [2.05, 4.69) is 34.5 Å². The SMILES string of the molecule is Cc1c(CCc2ccc3c(n2)CC(=O)CC3)nc2c3cccnc3ccn12. The number of hydrogen-bond acceptors (Lipinski definition) is 4. The Morgan fingerprint density at radius 1 is 1.07 bits per heavy atom. The van der Waals surface area contributed by atoms with Crippen LogP contribution >= 0.6 is 0 Å². The van der Waals surface area contributed by atoms with Crippen molar-refractivity contribution in [2.24, 2.45) is 0 Å². The molecule has 0 atom stereocenters. The van der Waals surface area contributed by atoms with Gasteiger partial charge in [0.1, 0.15) is 11.4 Å². The van der Waals surface area contributed by atoms with Crippen molar-refractivity contribution in [2.45, 2.75) is 39.0 Å². The molecular formula is C22H20N4O. The fraction of sp³-hybridized carbons (Fsp3) is 0.273. The molecule has 4 aromatic rings. The number of aromatic nitrogens is 4. The van der Waals surface area contributed by atoms with Gasteiger partial charge in [0.2, 0.25) is 0 Å². The molecule has 27 heavy (non-hydrogen) atoms. The molecule has 5 heteroatoms. The second-order valence-electron chi connectivity index (χ2n) is 7.21. The summed E-state index contributed by atoms with van der Waals surface area (Å²) >= 11 is 0. The van der Waals surface area contributed by atoms with Crippen molar-refractivity contribution in [1.82, 2.24) is 19.4 Å². The van der Waals surface area contributed by atoms with Gasteiger partial charge in [0, 0.05) is 42.0 Å². The molecule has 1 aliphatic carbocycles. The molecule has 5 nitrogen and oxygen atoms in total. The second-order valence-corrected chi connectivity index (χ2v) is 7.21. The first-order valence-electron chi connectivity index (χ1n) is 9.40. The number of Topliss-reactive ketones (excluding diaryl/α,β-unsaturated/α-hetero) is 1. The summed E-state index contributed by atoms with van der Waals surface area (Å²) in [7, 11) is 0. The lowest BCUT2D eigenvalue weighted by atomic mass is 9.94. The van der Waals surface area contributed by atoms with Gasteiger partial charge in [0.05, 0.1) is 16.9 Å². The third-order valence-electron chi connectivity index (χ3n) is 5.49. The molecular weight excluding hydrogens is 336 g/mol. The number of carbonyl (C=O) groups excluding carboxylic acids is 1. The van der Waals surface area contributed by atoms with E-state index in [0.29, 0.717) is 18.6 Å². The first-order valence-corrected chi connectivity index (χ1v) is 9.40. The lowest BCUT2D eigenvalue weighted by Gasteiger charge is -2.14. The second kappa shape index (κ2) is 6.27. The van der Waals surface area contributed by atoms with Crippen molar-refractivity contribution in [3.8, 4) is 0 Å². The molecule has 0 aromatic carbocycles. The molecule has 0 spiro atoms. The van der Waals surface area contributed by atoms with Crippen molar-refractivity contribution >= 4 is 22.3 Å². The Balaban J connectivity index is 1.45. The lowest BCUT2D eigenvalue weighted by Crippen LogP contribution is -2.15. The summed E-state index contributed by atoms with van der Waals surface area (Å²) in [6.45, 7) is 2.11. The summed E-state index contributed by atoms with van der Waals surface area (Å²) in [5.41, 5.74) is 7.38. The van der Waals surface area contributed by atoms with E-state index >= 15 is 0 Å². The van der Waals surface area contributed by atoms with Crippen LogP contribution in [0.2, 0.25) is 0 Å². The number of ketones is 1. The highest BCUT2D eigenvalue weighted by atomic mass is 16.1. The first-order chi connectivity index (χ1) is 13.2. The van der Waals surface area contributed by atoms with E-state index in [-0.39, 0.29) is 0 Å². The normalized spacial score (nSPS) is 14.0. The number of aryl methyl sites for hydroxylation is 4.